The molecule has 1 aliphatic carbocycles. The van der Waals surface area contributed by atoms with Crippen molar-refractivity contribution in [2.24, 2.45) is 33.8 Å². The fourth-order valence-corrected chi connectivity index (χ4v) is 12.4. The Balaban J connectivity index is 1.52. The molecule has 0 saturated carbocycles. The lowest BCUT2D eigenvalue weighted by atomic mass is 9.76. The molecular formula is C65H100N10O12S. The van der Waals surface area contributed by atoms with Crippen molar-refractivity contribution in [1.29, 1.82) is 0 Å². The second kappa shape index (κ2) is 31.5. The number of nitrogens with zero attached hydrogens (tertiary/aromatic N) is 2. The van der Waals surface area contributed by atoms with Gasteiger partial charge in [0, 0.05) is 60.8 Å². The lowest BCUT2D eigenvalue weighted by Crippen LogP contribution is -2.61. The Morgan fingerprint density at radius 3 is 1.90 bits per heavy atom. The monoisotopic (exact) mass is 1240 g/mol. The standard InChI is InChI=1S/C65H100N10O12S/c1-17-64(13,38-87-39-65(14,18-2)37-75-51(77)32-33-52(75)78)36-50(76)71-53(41(5)6)58(81)70-47(29-24-34-68-61(66)84)57(80)69-46-30-31-49(45-28-23-22-27-44(45)46)88(85,86)73-56(79)42(7)35-48(40(3)4)74(16)60(83)55(62(8,9)10)72-59(82)54(67-15)63(11,12)43-25-20-19-21-26-43/h19-21,25-26,30-33,35,40-41,47-48,53-55,67H,17-18,22-24,27-29,34,36-39H2,1-16H3,(H,69,80)(H,70,81)(H,71,76)(H,72,82)(H,73,79)(H3,66,68,84). The molecule has 10 amide bonds. The number of fused-ring (bicyclic) bond motifs is 1. The molecule has 0 saturated heterocycles. The number of urea groups is 1. The van der Waals surface area contributed by atoms with E-state index in [1.54, 1.807) is 34.0 Å². The number of primary amides is 1. The van der Waals surface area contributed by atoms with Gasteiger partial charge in [0.25, 0.3) is 27.7 Å². The quantitative estimate of drug-likeness (QED) is 0.0235. The Bertz CT molecular complexity index is 3010. The van der Waals surface area contributed by atoms with Crippen LogP contribution in [-0.4, -0.2) is 142 Å². The maximum atomic E-state index is 14.6. The molecule has 1 aliphatic heterocycles. The number of imide groups is 1. The van der Waals surface area contributed by atoms with E-state index in [0.29, 0.717) is 55.3 Å². The van der Waals surface area contributed by atoms with Crippen LogP contribution in [0.25, 0.3) is 0 Å². The minimum atomic E-state index is -4.54. The number of nitrogens with two attached hydrogens (primary N) is 1. The van der Waals surface area contributed by atoms with Crippen LogP contribution in [0, 0.1) is 28.1 Å². The minimum Gasteiger partial charge on any atom is -0.380 e. The number of rotatable bonds is 32. The van der Waals surface area contributed by atoms with Gasteiger partial charge in [0.05, 0.1) is 30.2 Å². The average Bonchev–Trinajstić information content (AvgIpc) is 2.18. The number of likely N-dealkylation sites (N-methyl/N-ethyl adjacent to an activating group) is 2. The summed E-state index contributed by atoms with van der Waals surface area (Å²) in [6, 6.07) is 6.90. The van der Waals surface area contributed by atoms with Gasteiger partial charge in [-0.1, -0.05) is 126 Å². The number of anilines is 1. The number of sulfonamides is 1. The topological polar surface area (TPSA) is 314 Å². The van der Waals surface area contributed by atoms with Crippen LogP contribution in [0.5, 0.6) is 0 Å². The SMILES string of the molecule is CCC(C)(COCC(C)(CC)CN1C(=O)C=CC1=O)CC(=O)NC(C(=O)NC(CCCNC(N)=O)C(=O)Nc1ccc(S(=O)(=O)NC(=O)C(C)=CC(C(C)C)N(C)C(=O)C(NC(=O)C(NC)C(C)(C)c2ccccc2)C(C)(C)C)c2c1CCCC2)C(C)C. The van der Waals surface area contributed by atoms with Crippen LogP contribution in [-0.2, 0) is 71.4 Å². The van der Waals surface area contributed by atoms with Crippen molar-refractivity contribution >= 4 is 69.0 Å². The van der Waals surface area contributed by atoms with Gasteiger partial charge >= 0.3 is 6.03 Å². The second-order valence-corrected chi connectivity index (χ2v) is 28.4. The molecule has 22 nitrogen and oxygen atoms in total. The Kier molecular flexibility index (Phi) is 26.3. The van der Waals surface area contributed by atoms with Crippen molar-refractivity contribution in [3.63, 3.8) is 0 Å². The fraction of sp³-hybridized carbons (Fsp3) is 0.615. The molecule has 0 fully saturated rings. The van der Waals surface area contributed by atoms with Crippen molar-refractivity contribution in [2.45, 2.75) is 195 Å². The molecule has 0 bridgehead atoms. The molecule has 7 unspecified atom stereocenters. The number of ether oxygens (including phenoxy) is 1. The summed E-state index contributed by atoms with van der Waals surface area (Å²) in [5.41, 5.74) is 4.90. The Labute approximate surface area is 521 Å². The van der Waals surface area contributed by atoms with Gasteiger partial charge < -0.3 is 47.3 Å². The van der Waals surface area contributed by atoms with Crippen LogP contribution in [0.1, 0.15) is 159 Å². The molecule has 2 aromatic carbocycles. The van der Waals surface area contributed by atoms with Gasteiger partial charge in [-0.3, -0.25) is 43.3 Å². The smallest absolute Gasteiger partial charge is 0.312 e. The summed E-state index contributed by atoms with van der Waals surface area (Å²) in [5, 5.41) is 17.3. The van der Waals surface area contributed by atoms with E-state index in [4.69, 9.17) is 10.5 Å². The molecule has 0 spiro atoms. The number of nitrogens with one attached hydrogen (secondary N) is 7. The van der Waals surface area contributed by atoms with Crippen LogP contribution in [0.2, 0.25) is 0 Å². The first-order valence-electron chi connectivity index (χ1n) is 30.7. The maximum Gasteiger partial charge on any atom is 0.312 e. The van der Waals surface area contributed by atoms with Gasteiger partial charge in [-0.2, -0.15) is 0 Å². The molecule has 0 aromatic heterocycles. The third kappa shape index (κ3) is 19.8. The number of carbonyl (C=O) groups excluding carboxylic acids is 9. The van der Waals surface area contributed by atoms with Crippen LogP contribution in [0.4, 0.5) is 10.5 Å². The number of amides is 10. The first kappa shape index (κ1) is 73.5. The average molecular weight is 1250 g/mol. The van der Waals surface area contributed by atoms with Gasteiger partial charge in [-0.25, -0.2) is 17.9 Å². The van der Waals surface area contributed by atoms with E-state index in [2.05, 4.69) is 36.6 Å². The molecular weight excluding hydrogens is 1140 g/mol. The number of hydrogen-bond donors (Lipinski definition) is 8. The Morgan fingerprint density at radius 1 is 0.761 bits per heavy atom. The van der Waals surface area contributed by atoms with Crippen molar-refractivity contribution < 1.29 is 56.3 Å². The third-order valence-electron chi connectivity index (χ3n) is 17.2. The molecule has 488 valence electrons. The van der Waals surface area contributed by atoms with E-state index in [1.165, 1.54) is 41.0 Å². The van der Waals surface area contributed by atoms with E-state index in [1.807, 2.05) is 106 Å². The zero-order chi connectivity index (χ0) is 66.3. The lowest BCUT2D eigenvalue weighted by Gasteiger charge is -2.40. The van der Waals surface area contributed by atoms with Crippen LogP contribution in [0.15, 0.2) is 71.2 Å². The zero-order valence-corrected chi connectivity index (χ0v) is 55.6. The molecule has 0 radical (unpaired) electrons. The Morgan fingerprint density at radius 2 is 1.35 bits per heavy atom. The van der Waals surface area contributed by atoms with E-state index in [9.17, 15) is 51.6 Å². The van der Waals surface area contributed by atoms with E-state index >= 15 is 0 Å². The van der Waals surface area contributed by atoms with Crippen LogP contribution >= 0.6 is 0 Å². The van der Waals surface area contributed by atoms with Crippen molar-refractivity contribution in [3.8, 4) is 0 Å². The van der Waals surface area contributed by atoms with Gasteiger partial charge in [0.2, 0.25) is 29.5 Å². The number of hydrogen-bond acceptors (Lipinski definition) is 13. The summed E-state index contributed by atoms with van der Waals surface area (Å²) < 4.78 is 37.1. The van der Waals surface area contributed by atoms with Crippen LogP contribution < -0.4 is 42.4 Å². The molecule has 2 aromatic rings. The highest BCUT2D eigenvalue weighted by Gasteiger charge is 2.43. The summed E-state index contributed by atoms with van der Waals surface area (Å²) in [6.07, 6.45) is 7.38. The summed E-state index contributed by atoms with van der Waals surface area (Å²) in [7, 11) is -1.26. The zero-order valence-electron chi connectivity index (χ0n) is 54.8. The van der Waals surface area contributed by atoms with E-state index < -0.39 is 103 Å². The molecule has 1 heterocycles. The summed E-state index contributed by atoms with van der Waals surface area (Å²) in [5.74, 6) is -4.85. The van der Waals surface area contributed by atoms with Gasteiger partial charge in [0.1, 0.15) is 18.1 Å². The lowest BCUT2D eigenvalue weighted by molar-refractivity contribution is -0.141. The Hall–Kier alpha value is -6.98. The van der Waals surface area contributed by atoms with Crippen molar-refractivity contribution in [3.05, 3.63) is 83.0 Å². The van der Waals surface area contributed by atoms with Gasteiger partial charge in [-0.15, -0.1) is 0 Å². The number of benzene rings is 2. The normalized spacial score (nSPS) is 16.9. The highest BCUT2D eigenvalue weighted by molar-refractivity contribution is 7.90. The largest absolute Gasteiger partial charge is 0.380 e. The first-order chi connectivity index (χ1) is 41.0. The first-order valence-corrected chi connectivity index (χ1v) is 32.2. The second-order valence-electron chi connectivity index (χ2n) is 26.7. The van der Waals surface area contributed by atoms with Crippen LogP contribution in [0.3, 0.4) is 0 Å². The summed E-state index contributed by atoms with van der Waals surface area (Å²) in [6.45, 7) is 26.5. The van der Waals surface area contributed by atoms with E-state index in [0.717, 1.165) is 5.56 Å². The maximum absolute atomic E-state index is 14.6. The highest BCUT2D eigenvalue weighted by Crippen LogP contribution is 2.35. The summed E-state index contributed by atoms with van der Waals surface area (Å²) >= 11 is 0. The van der Waals surface area contributed by atoms with Gasteiger partial charge in [-0.05, 0) is 117 Å². The van der Waals surface area contributed by atoms with Gasteiger partial charge in [0.15, 0.2) is 0 Å². The van der Waals surface area contributed by atoms with E-state index in [-0.39, 0.29) is 79.7 Å². The molecule has 9 N–H and O–H groups in total. The highest BCUT2D eigenvalue weighted by atomic mass is 32.2. The molecule has 7 atom stereocenters. The molecule has 2 aliphatic rings. The predicted molar refractivity (Wildman–Crippen MR) is 340 cm³/mol. The fourth-order valence-electron chi connectivity index (χ4n) is 11.1. The van der Waals surface area contributed by atoms with Crippen molar-refractivity contribution in [2.75, 3.05) is 45.7 Å². The third-order valence-corrected chi connectivity index (χ3v) is 18.6. The molecule has 88 heavy (non-hydrogen) atoms. The van der Waals surface area contributed by atoms with Crippen molar-refractivity contribution in [1.82, 2.24) is 41.1 Å². The number of carbonyl (C=O) groups is 9. The predicted octanol–water partition coefficient (Wildman–Crippen LogP) is 6.07. The minimum absolute atomic E-state index is 0.0112. The molecule has 4 rings (SSSR count). The summed E-state index contributed by atoms with van der Waals surface area (Å²) in [4.78, 5) is 124. The molecule has 23 heteroatoms.